The van der Waals surface area contributed by atoms with E-state index in [2.05, 4.69) is 0 Å². The molecule has 0 aromatic heterocycles. The van der Waals surface area contributed by atoms with E-state index in [9.17, 15) is 10.1 Å². The molecule has 1 heterocycles. The van der Waals surface area contributed by atoms with Crippen LogP contribution in [0.3, 0.4) is 0 Å². The maximum Gasteiger partial charge on any atom is 0.269 e. The average Bonchev–Trinajstić information content (AvgIpc) is 2.38. The van der Waals surface area contributed by atoms with Gasteiger partial charge in [0.05, 0.1) is 11.5 Å². The molecule has 0 spiro atoms. The molecule has 0 unspecified atom stereocenters. The molecule has 17 heavy (non-hydrogen) atoms. The van der Waals surface area contributed by atoms with Gasteiger partial charge in [-0.25, -0.2) is 0 Å². The average molecular weight is 236 g/mol. The van der Waals surface area contributed by atoms with Crippen LogP contribution in [0.2, 0.25) is 0 Å². The van der Waals surface area contributed by atoms with Gasteiger partial charge in [-0.2, -0.15) is 5.06 Å². The summed E-state index contributed by atoms with van der Waals surface area (Å²) in [4.78, 5) is 15.7. The van der Waals surface area contributed by atoms with Crippen molar-refractivity contribution in [2.75, 3.05) is 13.1 Å². The maximum atomic E-state index is 10.5. The number of nitrogens with zero attached hydrogens (tertiary/aromatic N) is 2. The molecule has 92 valence electrons. The molecule has 1 saturated heterocycles. The van der Waals surface area contributed by atoms with Crippen molar-refractivity contribution in [3.8, 4) is 0 Å². The molecule has 5 heteroatoms. The molecule has 0 N–H and O–H groups in total. The van der Waals surface area contributed by atoms with Crippen molar-refractivity contribution in [2.24, 2.45) is 0 Å². The van der Waals surface area contributed by atoms with Gasteiger partial charge in [0.15, 0.2) is 0 Å². The van der Waals surface area contributed by atoms with E-state index in [1.54, 1.807) is 12.1 Å². The number of benzene rings is 1. The third-order valence-electron chi connectivity index (χ3n) is 2.88. The number of piperidine rings is 1. The van der Waals surface area contributed by atoms with Gasteiger partial charge in [-0.1, -0.05) is 6.42 Å². The Balaban J connectivity index is 1.84. The van der Waals surface area contributed by atoms with Crippen LogP contribution in [0.1, 0.15) is 24.8 Å². The van der Waals surface area contributed by atoms with E-state index >= 15 is 0 Å². The third kappa shape index (κ3) is 3.51. The van der Waals surface area contributed by atoms with Gasteiger partial charge in [0.2, 0.25) is 0 Å². The SMILES string of the molecule is O=[N+]([O-])c1ccc(CON2CCCCC2)cc1. The summed E-state index contributed by atoms with van der Waals surface area (Å²) in [5, 5.41) is 12.5. The second-order valence-electron chi connectivity index (χ2n) is 4.19. The van der Waals surface area contributed by atoms with Crippen molar-refractivity contribution < 1.29 is 9.76 Å². The quantitative estimate of drug-likeness (QED) is 0.595. The Kier molecular flexibility index (Phi) is 4.06. The van der Waals surface area contributed by atoms with Crippen LogP contribution >= 0.6 is 0 Å². The summed E-state index contributed by atoms with van der Waals surface area (Å²) >= 11 is 0. The number of nitro benzene ring substituents is 1. The van der Waals surface area contributed by atoms with Gasteiger partial charge in [0.25, 0.3) is 5.69 Å². The predicted molar refractivity (Wildman–Crippen MR) is 63.3 cm³/mol. The van der Waals surface area contributed by atoms with Crippen LogP contribution in [-0.2, 0) is 11.4 Å². The van der Waals surface area contributed by atoms with Gasteiger partial charge in [-0.3, -0.25) is 15.0 Å². The highest BCUT2D eigenvalue weighted by atomic mass is 16.7. The second kappa shape index (κ2) is 5.75. The zero-order valence-corrected chi connectivity index (χ0v) is 9.67. The molecule has 5 nitrogen and oxygen atoms in total. The number of non-ortho nitro benzene ring substituents is 1. The minimum absolute atomic E-state index is 0.117. The van der Waals surface area contributed by atoms with Crippen LogP contribution in [0.4, 0.5) is 5.69 Å². The van der Waals surface area contributed by atoms with Gasteiger partial charge >= 0.3 is 0 Å². The van der Waals surface area contributed by atoms with Gasteiger partial charge < -0.3 is 0 Å². The first-order valence-electron chi connectivity index (χ1n) is 5.87. The van der Waals surface area contributed by atoms with Crippen molar-refractivity contribution in [3.05, 3.63) is 39.9 Å². The molecule has 0 aliphatic carbocycles. The third-order valence-corrected chi connectivity index (χ3v) is 2.88. The number of hydroxylamine groups is 2. The molecule has 1 aliphatic rings. The van der Waals surface area contributed by atoms with Crippen molar-refractivity contribution in [1.29, 1.82) is 0 Å². The van der Waals surface area contributed by atoms with Crippen molar-refractivity contribution in [2.45, 2.75) is 25.9 Å². The Morgan fingerprint density at radius 1 is 1.18 bits per heavy atom. The van der Waals surface area contributed by atoms with Crippen LogP contribution in [-0.4, -0.2) is 23.1 Å². The number of hydrogen-bond acceptors (Lipinski definition) is 4. The first kappa shape index (κ1) is 12.0. The van der Waals surface area contributed by atoms with Crippen molar-refractivity contribution >= 4 is 5.69 Å². The largest absolute Gasteiger partial charge is 0.294 e. The van der Waals surface area contributed by atoms with Crippen LogP contribution in [0, 0.1) is 10.1 Å². The molecular formula is C12H16N2O3. The molecule has 0 bridgehead atoms. The first-order valence-corrected chi connectivity index (χ1v) is 5.87. The second-order valence-corrected chi connectivity index (χ2v) is 4.19. The summed E-state index contributed by atoms with van der Waals surface area (Å²) in [7, 11) is 0. The Morgan fingerprint density at radius 3 is 2.41 bits per heavy atom. The van der Waals surface area contributed by atoms with E-state index in [4.69, 9.17) is 4.84 Å². The van der Waals surface area contributed by atoms with E-state index in [0.29, 0.717) is 6.61 Å². The summed E-state index contributed by atoms with van der Waals surface area (Å²) in [6.45, 7) is 2.44. The minimum atomic E-state index is -0.394. The Morgan fingerprint density at radius 2 is 1.82 bits per heavy atom. The van der Waals surface area contributed by atoms with Gasteiger partial charge in [-0.15, -0.1) is 0 Å². The lowest BCUT2D eigenvalue weighted by molar-refractivity contribution is -0.384. The van der Waals surface area contributed by atoms with Crippen molar-refractivity contribution in [3.63, 3.8) is 0 Å². The molecule has 1 aromatic carbocycles. The number of hydrogen-bond donors (Lipinski definition) is 0. The Bertz CT molecular complexity index is 372. The van der Waals surface area contributed by atoms with Crippen LogP contribution < -0.4 is 0 Å². The summed E-state index contributed by atoms with van der Waals surface area (Å²) in [5.41, 5.74) is 1.08. The molecule has 1 aliphatic heterocycles. The molecule has 0 amide bonds. The lowest BCUT2D eigenvalue weighted by Gasteiger charge is -2.25. The van der Waals surface area contributed by atoms with Gasteiger partial charge in [-0.05, 0) is 30.5 Å². The highest BCUT2D eigenvalue weighted by Crippen LogP contribution is 2.14. The summed E-state index contributed by atoms with van der Waals surface area (Å²) in [5.74, 6) is 0. The molecule has 1 fully saturated rings. The molecule has 1 aromatic rings. The fourth-order valence-corrected chi connectivity index (χ4v) is 1.87. The highest BCUT2D eigenvalue weighted by molar-refractivity contribution is 5.32. The van der Waals surface area contributed by atoms with Gasteiger partial charge in [0.1, 0.15) is 0 Å². The van der Waals surface area contributed by atoms with Crippen LogP contribution in [0.15, 0.2) is 24.3 Å². The molecule has 0 atom stereocenters. The predicted octanol–water partition coefficient (Wildman–Crippen LogP) is 2.51. The monoisotopic (exact) mass is 236 g/mol. The zero-order valence-electron chi connectivity index (χ0n) is 9.67. The Hall–Kier alpha value is -1.46. The number of nitro groups is 1. The Labute approximate surface area is 100 Å². The van der Waals surface area contributed by atoms with Crippen LogP contribution in [0.5, 0.6) is 0 Å². The van der Waals surface area contributed by atoms with E-state index < -0.39 is 4.92 Å². The standard InChI is InChI=1S/C12H16N2O3/c15-14(16)12-6-4-11(5-7-12)10-17-13-8-2-1-3-9-13/h4-7H,1-3,8-10H2. The van der Waals surface area contributed by atoms with E-state index in [1.807, 2.05) is 5.06 Å². The topological polar surface area (TPSA) is 55.6 Å². The first-order chi connectivity index (χ1) is 8.25. The van der Waals surface area contributed by atoms with E-state index in [-0.39, 0.29) is 5.69 Å². The normalized spacial score (nSPS) is 16.9. The van der Waals surface area contributed by atoms with Crippen LogP contribution in [0.25, 0.3) is 0 Å². The lowest BCUT2D eigenvalue weighted by atomic mass is 10.2. The maximum absolute atomic E-state index is 10.5. The lowest BCUT2D eigenvalue weighted by Crippen LogP contribution is -2.29. The van der Waals surface area contributed by atoms with E-state index in [0.717, 1.165) is 18.7 Å². The van der Waals surface area contributed by atoms with Gasteiger partial charge in [0, 0.05) is 25.2 Å². The number of rotatable bonds is 4. The molecular weight excluding hydrogens is 220 g/mol. The fourth-order valence-electron chi connectivity index (χ4n) is 1.87. The summed E-state index contributed by atoms with van der Waals surface area (Å²) in [6, 6.07) is 6.49. The zero-order chi connectivity index (χ0) is 12.1. The molecule has 0 saturated carbocycles. The smallest absolute Gasteiger partial charge is 0.269 e. The van der Waals surface area contributed by atoms with E-state index in [1.165, 1.54) is 31.4 Å². The minimum Gasteiger partial charge on any atom is -0.294 e. The highest BCUT2D eigenvalue weighted by Gasteiger charge is 2.10. The fraction of sp³-hybridized carbons (Fsp3) is 0.500. The molecule has 2 rings (SSSR count). The summed E-state index contributed by atoms with van der Waals surface area (Å²) < 4.78 is 0. The summed E-state index contributed by atoms with van der Waals surface area (Å²) in [6.07, 6.45) is 3.64. The molecule has 0 radical (unpaired) electrons. The van der Waals surface area contributed by atoms with Crippen molar-refractivity contribution in [1.82, 2.24) is 5.06 Å².